The highest BCUT2D eigenvalue weighted by Crippen LogP contribution is 2.29. The zero-order valence-corrected chi connectivity index (χ0v) is 10.0. The average Bonchev–Trinajstić information content (AvgIpc) is 2.98. The number of hydrogen-bond acceptors (Lipinski definition) is 2. The molecule has 3 nitrogen and oxygen atoms in total. The minimum Gasteiger partial charge on any atom is -0.338 e. The third-order valence-electron chi connectivity index (χ3n) is 3.37. The molecule has 1 saturated heterocycles. The lowest BCUT2D eigenvalue weighted by molar-refractivity contribution is -0.129. The van der Waals surface area contributed by atoms with E-state index in [1.54, 1.807) is 0 Å². The summed E-state index contributed by atoms with van der Waals surface area (Å²) in [6, 6.07) is 0.502. The minimum atomic E-state index is 0.119. The summed E-state index contributed by atoms with van der Waals surface area (Å²) >= 11 is 5.63. The van der Waals surface area contributed by atoms with E-state index in [1.165, 1.54) is 19.3 Å². The highest BCUT2D eigenvalue weighted by Gasteiger charge is 2.34. The van der Waals surface area contributed by atoms with E-state index in [2.05, 4.69) is 11.9 Å². The second-order valence-electron chi connectivity index (χ2n) is 4.83. The first-order valence-corrected chi connectivity index (χ1v) is 6.28. The Labute approximate surface area is 96.4 Å². The van der Waals surface area contributed by atoms with Crippen LogP contribution in [0.15, 0.2) is 0 Å². The van der Waals surface area contributed by atoms with Crippen LogP contribution in [0, 0.1) is 5.92 Å². The number of alkyl halides is 1. The second-order valence-corrected chi connectivity index (χ2v) is 5.10. The third-order valence-corrected chi connectivity index (χ3v) is 3.59. The Morgan fingerprint density at radius 3 is 2.67 bits per heavy atom. The number of rotatable bonds is 4. The van der Waals surface area contributed by atoms with Crippen molar-refractivity contribution in [3.8, 4) is 0 Å². The lowest BCUT2D eigenvalue weighted by Crippen LogP contribution is -2.38. The van der Waals surface area contributed by atoms with Crippen LogP contribution in [0.4, 0.5) is 0 Å². The molecule has 1 heterocycles. The fourth-order valence-corrected chi connectivity index (χ4v) is 2.52. The number of carbonyl (C=O) groups excluding carboxylic acids is 1. The SMILES string of the molecule is CN1CCC(CN(C(=O)CCl)C2CC2)C1. The predicted molar refractivity (Wildman–Crippen MR) is 61.1 cm³/mol. The van der Waals surface area contributed by atoms with Gasteiger partial charge in [-0.25, -0.2) is 0 Å². The fraction of sp³-hybridized carbons (Fsp3) is 0.909. The molecule has 0 aromatic heterocycles. The van der Waals surface area contributed by atoms with Gasteiger partial charge in [0.2, 0.25) is 5.91 Å². The molecule has 0 aromatic rings. The Balaban J connectivity index is 1.86. The summed E-state index contributed by atoms with van der Waals surface area (Å²) < 4.78 is 0. The molecule has 2 rings (SSSR count). The molecule has 0 N–H and O–H groups in total. The van der Waals surface area contributed by atoms with Crippen LogP contribution < -0.4 is 0 Å². The molecule has 0 aromatic carbocycles. The van der Waals surface area contributed by atoms with Gasteiger partial charge in [-0.3, -0.25) is 4.79 Å². The van der Waals surface area contributed by atoms with Crippen LogP contribution in [0.2, 0.25) is 0 Å². The normalized spacial score (nSPS) is 26.9. The zero-order valence-electron chi connectivity index (χ0n) is 9.29. The summed E-state index contributed by atoms with van der Waals surface area (Å²) in [4.78, 5) is 16.0. The molecule has 2 aliphatic rings. The van der Waals surface area contributed by atoms with Gasteiger partial charge in [-0.15, -0.1) is 11.6 Å². The van der Waals surface area contributed by atoms with Gasteiger partial charge < -0.3 is 9.80 Å². The van der Waals surface area contributed by atoms with Crippen LogP contribution >= 0.6 is 11.6 Å². The molecule has 0 spiro atoms. The lowest BCUT2D eigenvalue weighted by atomic mass is 10.1. The van der Waals surface area contributed by atoms with Gasteiger partial charge in [0.15, 0.2) is 0 Å². The first-order chi connectivity index (χ1) is 7.20. The minimum absolute atomic E-state index is 0.119. The highest BCUT2D eigenvalue weighted by molar-refractivity contribution is 6.27. The molecular formula is C11H19ClN2O. The Morgan fingerprint density at radius 1 is 1.47 bits per heavy atom. The Hall–Kier alpha value is -0.280. The summed E-state index contributed by atoms with van der Waals surface area (Å²) in [6.07, 6.45) is 3.56. The van der Waals surface area contributed by atoms with Crippen molar-refractivity contribution < 1.29 is 4.79 Å². The van der Waals surface area contributed by atoms with Gasteiger partial charge in [-0.1, -0.05) is 0 Å². The maximum absolute atomic E-state index is 11.6. The van der Waals surface area contributed by atoms with Crippen LogP contribution in [-0.4, -0.2) is 54.3 Å². The standard InChI is InChI=1S/C11H19ClN2O/c1-13-5-4-9(7-13)8-14(10-2-3-10)11(15)6-12/h9-10H,2-8H2,1H3. The molecule has 4 heteroatoms. The molecular weight excluding hydrogens is 212 g/mol. The maximum Gasteiger partial charge on any atom is 0.237 e. The van der Waals surface area contributed by atoms with Crippen molar-refractivity contribution in [3.63, 3.8) is 0 Å². The van der Waals surface area contributed by atoms with E-state index in [0.29, 0.717) is 12.0 Å². The largest absolute Gasteiger partial charge is 0.338 e. The maximum atomic E-state index is 11.6. The molecule has 0 radical (unpaired) electrons. The lowest BCUT2D eigenvalue weighted by Gasteiger charge is -2.24. The number of likely N-dealkylation sites (tertiary alicyclic amines) is 1. The topological polar surface area (TPSA) is 23.6 Å². The molecule has 1 aliphatic heterocycles. The average molecular weight is 231 g/mol. The monoisotopic (exact) mass is 230 g/mol. The Kier molecular flexibility index (Phi) is 3.52. The molecule has 1 saturated carbocycles. The van der Waals surface area contributed by atoms with Crippen LogP contribution in [0.25, 0.3) is 0 Å². The van der Waals surface area contributed by atoms with Gasteiger partial charge in [0.25, 0.3) is 0 Å². The molecule has 1 unspecified atom stereocenters. The van der Waals surface area contributed by atoms with Crippen molar-refractivity contribution in [1.29, 1.82) is 0 Å². The summed E-state index contributed by atoms with van der Waals surface area (Å²) in [5.74, 6) is 0.912. The van der Waals surface area contributed by atoms with Crippen molar-refractivity contribution in [1.82, 2.24) is 9.80 Å². The van der Waals surface area contributed by atoms with Crippen LogP contribution in [0.1, 0.15) is 19.3 Å². The van der Waals surface area contributed by atoms with E-state index in [4.69, 9.17) is 11.6 Å². The molecule has 1 aliphatic carbocycles. The zero-order chi connectivity index (χ0) is 10.8. The van der Waals surface area contributed by atoms with Crippen molar-refractivity contribution in [2.45, 2.75) is 25.3 Å². The Bertz CT molecular complexity index is 243. The second kappa shape index (κ2) is 4.71. The van der Waals surface area contributed by atoms with Gasteiger partial charge >= 0.3 is 0 Å². The molecule has 0 bridgehead atoms. The third kappa shape index (κ3) is 2.85. The number of carbonyl (C=O) groups is 1. The highest BCUT2D eigenvalue weighted by atomic mass is 35.5. The first kappa shape index (κ1) is 11.2. The molecule has 15 heavy (non-hydrogen) atoms. The van der Waals surface area contributed by atoms with Crippen LogP contribution in [-0.2, 0) is 4.79 Å². The molecule has 2 fully saturated rings. The van der Waals surface area contributed by atoms with Crippen molar-refractivity contribution in [3.05, 3.63) is 0 Å². The summed E-state index contributed by atoms with van der Waals surface area (Å²) in [6.45, 7) is 3.21. The van der Waals surface area contributed by atoms with Gasteiger partial charge in [-0.05, 0) is 38.8 Å². The predicted octanol–water partition coefficient (Wildman–Crippen LogP) is 1.17. The summed E-state index contributed by atoms with van der Waals surface area (Å²) in [7, 11) is 2.14. The number of amides is 1. The molecule has 1 atom stereocenters. The number of hydrogen-bond donors (Lipinski definition) is 0. The van der Waals surface area contributed by atoms with Gasteiger partial charge in [0.05, 0.1) is 0 Å². The summed E-state index contributed by atoms with van der Waals surface area (Å²) in [5.41, 5.74) is 0. The van der Waals surface area contributed by atoms with E-state index in [1.807, 2.05) is 4.90 Å². The van der Waals surface area contributed by atoms with Crippen molar-refractivity contribution >= 4 is 17.5 Å². The van der Waals surface area contributed by atoms with E-state index in [0.717, 1.165) is 19.6 Å². The fourth-order valence-electron chi connectivity index (χ4n) is 2.37. The Morgan fingerprint density at radius 2 is 2.20 bits per heavy atom. The van der Waals surface area contributed by atoms with Gasteiger partial charge in [0.1, 0.15) is 5.88 Å². The van der Waals surface area contributed by atoms with Crippen LogP contribution in [0.5, 0.6) is 0 Å². The smallest absolute Gasteiger partial charge is 0.237 e. The van der Waals surface area contributed by atoms with E-state index >= 15 is 0 Å². The van der Waals surface area contributed by atoms with Crippen molar-refractivity contribution in [2.75, 3.05) is 32.6 Å². The number of nitrogens with zero attached hydrogens (tertiary/aromatic N) is 2. The molecule has 86 valence electrons. The van der Waals surface area contributed by atoms with Crippen molar-refractivity contribution in [2.24, 2.45) is 5.92 Å². The van der Waals surface area contributed by atoms with E-state index in [9.17, 15) is 4.79 Å². The molecule has 1 amide bonds. The number of halogens is 1. The van der Waals surface area contributed by atoms with E-state index < -0.39 is 0 Å². The van der Waals surface area contributed by atoms with Gasteiger partial charge in [-0.2, -0.15) is 0 Å². The first-order valence-electron chi connectivity index (χ1n) is 5.74. The van der Waals surface area contributed by atoms with E-state index in [-0.39, 0.29) is 11.8 Å². The summed E-state index contributed by atoms with van der Waals surface area (Å²) in [5, 5.41) is 0. The quantitative estimate of drug-likeness (QED) is 0.677. The van der Waals surface area contributed by atoms with Crippen LogP contribution in [0.3, 0.4) is 0 Å². The van der Waals surface area contributed by atoms with Gasteiger partial charge in [0, 0.05) is 19.1 Å².